The van der Waals surface area contributed by atoms with Crippen molar-refractivity contribution in [3.63, 3.8) is 0 Å². The van der Waals surface area contributed by atoms with Gasteiger partial charge in [-0.2, -0.15) is 4.37 Å². The fraction of sp³-hybridized carbons (Fsp3) is 0.176. The third kappa shape index (κ3) is 4.28. The number of nitrogens with zero attached hydrogens (tertiary/aromatic N) is 1. The highest BCUT2D eigenvalue weighted by Gasteiger charge is 2.12. The van der Waals surface area contributed by atoms with Gasteiger partial charge < -0.3 is 11.1 Å². The highest BCUT2D eigenvalue weighted by Crippen LogP contribution is 2.22. The highest BCUT2D eigenvalue weighted by atomic mass is 35.5. The second-order valence-corrected chi connectivity index (χ2v) is 5.93. The van der Waals surface area contributed by atoms with E-state index in [0.717, 1.165) is 21.3 Å². The van der Waals surface area contributed by atoms with Crippen molar-refractivity contribution >= 4 is 39.9 Å². The molecule has 1 atom stereocenters. The van der Waals surface area contributed by atoms with E-state index in [-0.39, 0.29) is 30.8 Å². The monoisotopic (exact) mass is 347 g/mol. The second-order valence-electron chi connectivity index (χ2n) is 5.12. The number of hydrogen-bond donors (Lipinski definition) is 2. The zero-order valence-electron chi connectivity index (χ0n) is 12.4. The number of amides is 1. The van der Waals surface area contributed by atoms with Gasteiger partial charge in [0.2, 0.25) is 5.91 Å². The van der Waals surface area contributed by atoms with Gasteiger partial charge in [0.15, 0.2) is 0 Å². The number of nitrogens with two attached hydrogens (primary N) is 1. The molecule has 0 aliphatic carbocycles. The summed E-state index contributed by atoms with van der Waals surface area (Å²) < 4.78 is 5.47. The second kappa shape index (κ2) is 8.06. The van der Waals surface area contributed by atoms with Crippen molar-refractivity contribution in [1.29, 1.82) is 0 Å². The Hall–Kier alpha value is -1.95. The number of aromatic nitrogens is 1. The fourth-order valence-corrected chi connectivity index (χ4v) is 3.12. The Morgan fingerprint density at radius 3 is 2.61 bits per heavy atom. The van der Waals surface area contributed by atoms with E-state index >= 15 is 0 Å². The van der Waals surface area contributed by atoms with Gasteiger partial charge >= 0.3 is 0 Å². The van der Waals surface area contributed by atoms with Crippen LogP contribution in [0.4, 0.5) is 0 Å². The third-order valence-corrected chi connectivity index (χ3v) is 4.39. The average Bonchev–Trinajstić information content (AvgIpc) is 2.97. The quantitative estimate of drug-likeness (QED) is 0.745. The summed E-state index contributed by atoms with van der Waals surface area (Å²) in [4.78, 5) is 12.1. The molecule has 0 spiro atoms. The summed E-state index contributed by atoms with van der Waals surface area (Å²) in [6.45, 7) is 0.422. The Morgan fingerprint density at radius 2 is 1.83 bits per heavy atom. The van der Waals surface area contributed by atoms with Crippen LogP contribution in [-0.4, -0.2) is 16.8 Å². The molecule has 3 aromatic rings. The molecule has 0 fully saturated rings. The van der Waals surface area contributed by atoms with E-state index in [0.29, 0.717) is 6.54 Å². The molecule has 120 valence electrons. The normalized spacial score (nSPS) is 11.7. The fourth-order valence-electron chi connectivity index (χ4n) is 2.32. The van der Waals surface area contributed by atoms with E-state index in [2.05, 4.69) is 9.69 Å². The number of rotatable bonds is 5. The SMILES string of the molecule is Cl.N[C@@H](CNC(=O)Cc1nsc2ccccc12)c1ccccc1. The topological polar surface area (TPSA) is 68.0 Å². The molecule has 1 aromatic heterocycles. The lowest BCUT2D eigenvalue weighted by Crippen LogP contribution is -2.32. The van der Waals surface area contributed by atoms with Crippen LogP contribution in [0.1, 0.15) is 17.3 Å². The highest BCUT2D eigenvalue weighted by molar-refractivity contribution is 7.13. The number of nitrogens with one attached hydrogen (secondary N) is 1. The Labute approximate surface area is 145 Å². The molecule has 1 amide bonds. The maximum atomic E-state index is 12.1. The Morgan fingerprint density at radius 1 is 1.13 bits per heavy atom. The molecule has 6 heteroatoms. The average molecular weight is 348 g/mol. The summed E-state index contributed by atoms with van der Waals surface area (Å²) >= 11 is 1.42. The maximum Gasteiger partial charge on any atom is 0.226 e. The zero-order valence-corrected chi connectivity index (χ0v) is 14.1. The first kappa shape index (κ1) is 17.4. The van der Waals surface area contributed by atoms with E-state index < -0.39 is 0 Å². The molecule has 4 nitrogen and oxygen atoms in total. The van der Waals surface area contributed by atoms with Gasteiger partial charge in [-0.1, -0.05) is 48.5 Å². The summed E-state index contributed by atoms with van der Waals surface area (Å²) in [7, 11) is 0. The predicted molar refractivity (Wildman–Crippen MR) is 97.0 cm³/mol. The number of fused-ring (bicyclic) bond motifs is 1. The minimum atomic E-state index is -0.197. The maximum absolute atomic E-state index is 12.1. The Balaban J connectivity index is 0.00000192. The molecule has 3 N–H and O–H groups in total. The van der Waals surface area contributed by atoms with Crippen molar-refractivity contribution in [3.8, 4) is 0 Å². The van der Waals surface area contributed by atoms with Gasteiger partial charge in [-0.25, -0.2) is 0 Å². The van der Waals surface area contributed by atoms with Crippen LogP contribution in [-0.2, 0) is 11.2 Å². The Bertz CT molecular complexity index is 776. The molecule has 0 bridgehead atoms. The van der Waals surface area contributed by atoms with Crippen molar-refractivity contribution in [2.24, 2.45) is 5.73 Å². The van der Waals surface area contributed by atoms with Crippen molar-refractivity contribution in [2.75, 3.05) is 6.54 Å². The van der Waals surface area contributed by atoms with Crippen LogP contribution in [0.25, 0.3) is 10.1 Å². The molecule has 0 aliphatic heterocycles. The van der Waals surface area contributed by atoms with Crippen LogP contribution in [0.15, 0.2) is 54.6 Å². The summed E-state index contributed by atoms with van der Waals surface area (Å²) in [6.07, 6.45) is 0.283. The molecule has 3 rings (SSSR count). The first-order valence-corrected chi connectivity index (χ1v) is 7.92. The molecular weight excluding hydrogens is 330 g/mol. The Kier molecular flexibility index (Phi) is 6.10. The van der Waals surface area contributed by atoms with Gasteiger partial charge in [-0.05, 0) is 23.2 Å². The standard InChI is InChI=1S/C17H17N3OS.ClH/c18-14(12-6-2-1-3-7-12)11-19-17(21)10-15-13-8-4-5-9-16(13)22-20-15;/h1-9,14H,10-11,18H2,(H,19,21);1H/t14-;/m0./s1. The van der Waals surface area contributed by atoms with Crippen molar-refractivity contribution in [2.45, 2.75) is 12.5 Å². The molecule has 23 heavy (non-hydrogen) atoms. The van der Waals surface area contributed by atoms with E-state index in [9.17, 15) is 4.79 Å². The molecule has 0 aliphatic rings. The van der Waals surface area contributed by atoms with Crippen molar-refractivity contribution < 1.29 is 4.79 Å². The molecule has 2 aromatic carbocycles. The van der Waals surface area contributed by atoms with Gasteiger partial charge in [0.05, 0.1) is 16.8 Å². The van der Waals surface area contributed by atoms with Gasteiger partial charge in [-0.15, -0.1) is 12.4 Å². The summed E-state index contributed by atoms with van der Waals surface area (Å²) in [5.74, 6) is -0.0533. The van der Waals surface area contributed by atoms with Gasteiger partial charge in [0.25, 0.3) is 0 Å². The first-order chi connectivity index (χ1) is 10.7. The summed E-state index contributed by atoms with van der Waals surface area (Å²) in [6, 6.07) is 17.5. The molecule has 0 unspecified atom stereocenters. The van der Waals surface area contributed by atoms with Crippen LogP contribution >= 0.6 is 23.9 Å². The number of halogens is 1. The number of benzene rings is 2. The molecule has 1 heterocycles. The molecule has 0 radical (unpaired) electrons. The minimum absolute atomic E-state index is 0. The van der Waals surface area contributed by atoms with E-state index in [1.165, 1.54) is 11.5 Å². The lowest BCUT2D eigenvalue weighted by molar-refractivity contribution is -0.120. The number of carbonyl (C=O) groups excluding carboxylic acids is 1. The molecule has 0 saturated carbocycles. The lowest BCUT2D eigenvalue weighted by Gasteiger charge is -2.12. The van der Waals surface area contributed by atoms with E-state index in [1.807, 2.05) is 54.6 Å². The van der Waals surface area contributed by atoms with Crippen LogP contribution in [0.5, 0.6) is 0 Å². The van der Waals surface area contributed by atoms with Gasteiger partial charge in [-0.3, -0.25) is 4.79 Å². The van der Waals surface area contributed by atoms with E-state index in [4.69, 9.17) is 5.73 Å². The van der Waals surface area contributed by atoms with Crippen molar-refractivity contribution in [1.82, 2.24) is 9.69 Å². The van der Waals surface area contributed by atoms with Crippen LogP contribution < -0.4 is 11.1 Å². The minimum Gasteiger partial charge on any atom is -0.354 e. The first-order valence-electron chi connectivity index (χ1n) is 7.14. The van der Waals surface area contributed by atoms with Gasteiger partial charge in [0.1, 0.15) is 0 Å². The lowest BCUT2D eigenvalue weighted by atomic mass is 10.1. The third-order valence-electron chi connectivity index (χ3n) is 3.53. The summed E-state index contributed by atoms with van der Waals surface area (Å²) in [5, 5.41) is 3.94. The summed E-state index contributed by atoms with van der Waals surface area (Å²) in [5.41, 5.74) is 7.92. The van der Waals surface area contributed by atoms with Crippen molar-refractivity contribution in [3.05, 3.63) is 65.9 Å². The smallest absolute Gasteiger partial charge is 0.226 e. The molecule has 0 saturated heterocycles. The zero-order chi connectivity index (χ0) is 15.4. The largest absolute Gasteiger partial charge is 0.354 e. The van der Waals surface area contributed by atoms with Crippen LogP contribution in [0, 0.1) is 0 Å². The number of hydrogen-bond acceptors (Lipinski definition) is 4. The number of carbonyl (C=O) groups is 1. The van der Waals surface area contributed by atoms with Gasteiger partial charge in [0, 0.05) is 18.0 Å². The predicted octanol–water partition coefficient (Wildman–Crippen LogP) is 3.08. The van der Waals surface area contributed by atoms with E-state index in [1.54, 1.807) is 0 Å². The molecular formula is C17H18ClN3OS. The van der Waals surface area contributed by atoms with Crippen LogP contribution in [0.2, 0.25) is 0 Å². The van der Waals surface area contributed by atoms with Crippen LogP contribution in [0.3, 0.4) is 0 Å².